The highest BCUT2D eigenvalue weighted by atomic mass is 31.2. The minimum absolute atomic E-state index is 0.102. The van der Waals surface area contributed by atoms with Gasteiger partial charge in [0.05, 0.1) is 26.4 Å². The molecule has 0 rings (SSSR count). The number of carbonyl (C=O) groups excluding carboxylic acids is 4. The monoisotopic (exact) mass is 1370 g/mol. The maximum absolute atomic E-state index is 13.1. The van der Waals surface area contributed by atoms with Gasteiger partial charge in [-0.05, 0) is 37.5 Å². The van der Waals surface area contributed by atoms with Crippen LogP contribution in [-0.4, -0.2) is 96.7 Å². The molecular weight excluding hydrogens is 1220 g/mol. The standard InChI is InChI=1S/C74H144O17P2/c1-7-10-12-14-16-18-20-22-23-24-25-26-27-28-29-30-31-33-35-37-46-52-58-73(78)90-69(62-84-71(76)56-50-44-36-34-32-21-19-17-15-13-11-8-2)64-88-92(80,81)86-60-68(75)61-87-93(82,83)89-65-70(63-85-72(77)57-51-45-40-38-42-48-54-66(4)5)91-74(79)59-53-47-41-39-43-49-55-67(6)9-3/h66-70,75H,7-65H2,1-6H3,(H,80,81)(H,82,83)/t67?,68-,69-,70-/m1/s1. The molecule has 19 heteroatoms. The number of aliphatic hydroxyl groups excluding tert-OH is 1. The average molecular weight is 1370 g/mol. The predicted molar refractivity (Wildman–Crippen MR) is 377 cm³/mol. The summed E-state index contributed by atoms with van der Waals surface area (Å²) in [7, 11) is -9.90. The quantitative estimate of drug-likeness (QED) is 0.0222. The molecule has 0 amide bonds. The molecule has 3 unspecified atom stereocenters. The molecule has 3 N–H and O–H groups in total. The fourth-order valence-corrected chi connectivity index (χ4v) is 12.8. The molecule has 0 spiro atoms. The molecule has 93 heavy (non-hydrogen) atoms. The SMILES string of the molecule is CCCCCCCCCCCCCCCCCCCCCCCCC(=O)O[C@H](COC(=O)CCCCCCCCCCCCCC)COP(=O)(O)OC[C@@H](O)COP(=O)(O)OC[C@@H](COC(=O)CCCCCCCCC(C)C)OC(=O)CCCCCCCCC(C)CC. The van der Waals surface area contributed by atoms with E-state index in [1.54, 1.807) is 0 Å². The molecule has 0 fully saturated rings. The van der Waals surface area contributed by atoms with E-state index in [1.807, 2.05) is 0 Å². The lowest BCUT2D eigenvalue weighted by Gasteiger charge is -2.21. The molecule has 6 atom stereocenters. The van der Waals surface area contributed by atoms with Crippen molar-refractivity contribution in [1.82, 2.24) is 0 Å². The van der Waals surface area contributed by atoms with Crippen molar-refractivity contribution >= 4 is 39.5 Å². The van der Waals surface area contributed by atoms with Crippen molar-refractivity contribution in [3.05, 3.63) is 0 Å². The van der Waals surface area contributed by atoms with Crippen molar-refractivity contribution in [2.24, 2.45) is 11.8 Å². The zero-order chi connectivity index (χ0) is 68.6. The van der Waals surface area contributed by atoms with E-state index in [1.165, 1.54) is 193 Å². The van der Waals surface area contributed by atoms with Crippen molar-refractivity contribution in [1.29, 1.82) is 0 Å². The molecule has 0 saturated heterocycles. The Labute approximate surface area is 568 Å². The third kappa shape index (κ3) is 67.0. The highest BCUT2D eigenvalue weighted by molar-refractivity contribution is 7.47. The van der Waals surface area contributed by atoms with Crippen LogP contribution in [-0.2, 0) is 65.4 Å². The third-order valence-corrected chi connectivity index (χ3v) is 19.5. The van der Waals surface area contributed by atoms with Crippen molar-refractivity contribution in [2.45, 2.75) is 400 Å². The zero-order valence-corrected chi connectivity index (χ0v) is 62.3. The summed E-state index contributed by atoms with van der Waals surface area (Å²) >= 11 is 0. The smallest absolute Gasteiger partial charge is 0.462 e. The van der Waals surface area contributed by atoms with Crippen LogP contribution in [0.4, 0.5) is 0 Å². The second-order valence-corrected chi connectivity index (χ2v) is 30.3. The Morgan fingerprint density at radius 2 is 0.548 bits per heavy atom. The lowest BCUT2D eigenvalue weighted by molar-refractivity contribution is -0.161. The molecule has 0 aliphatic heterocycles. The second-order valence-electron chi connectivity index (χ2n) is 27.4. The largest absolute Gasteiger partial charge is 0.472 e. The number of phosphoric ester groups is 2. The molecule has 0 aromatic rings. The van der Waals surface area contributed by atoms with Gasteiger partial charge in [0.15, 0.2) is 12.2 Å². The van der Waals surface area contributed by atoms with Crippen LogP contribution in [0.5, 0.6) is 0 Å². The highest BCUT2D eigenvalue weighted by Gasteiger charge is 2.30. The van der Waals surface area contributed by atoms with E-state index in [9.17, 15) is 43.2 Å². The summed E-state index contributed by atoms with van der Waals surface area (Å²) in [6.45, 7) is 9.43. The first-order chi connectivity index (χ1) is 44.9. The summed E-state index contributed by atoms with van der Waals surface area (Å²) in [5.74, 6) is -0.726. The summed E-state index contributed by atoms with van der Waals surface area (Å²) in [4.78, 5) is 72.6. The first-order valence-electron chi connectivity index (χ1n) is 38.5. The van der Waals surface area contributed by atoms with Gasteiger partial charge in [0.2, 0.25) is 0 Å². The number of hydrogen-bond donors (Lipinski definition) is 3. The van der Waals surface area contributed by atoms with Gasteiger partial charge in [-0.3, -0.25) is 37.3 Å². The average Bonchev–Trinajstić information content (AvgIpc) is 3.54. The van der Waals surface area contributed by atoms with Crippen LogP contribution in [0.25, 0.3) is 0 Å². The fraction of sp³-hybridized carbons (Fsp3) is 0.946. The summed E-state index contributed by atoms with van der Waals surface area (Å²) in [6, 6.07) is 0. The summed E-state index contributed by atoms with van der Waals surface area (Å²) in [5, 5.41) is 10.6. The number of carbonyl (C=O) groups is 4. The third-order valence-electron chi connectivity index (χ3n) is 17.6. The summed E-state index contributed by atoms with van der Waals surface area (Å²) in [5.41, 5.74) is 0. The van der Waals surface area contributed by atoms with E-state index in [4.69, 9.17) is 37.0 Å². The van der Waals surface area contributed by atoms with Crippen LogP contribution in [0.15, 0.2) is 0 Å². The molecule has 0 heterocycles. The topological polar surface area (TPSA) is 237 Å². The van der Waals surface area contributed by atoms with Crippen LogP contribution in [0, 0.1) is 11.8 Å². The Morgan fingerprint density at radius 3 is 0.817 bits per heavy atom. The Bertz CT molecular complexity index is 1810. The van der Waals surface area contributed by atoms with Crippen molar-refractivity contribution < 1.29 is 80.2 Å². The number of hydrogen-bond acceptors (Lipinski definition) is 15. The van der Waals surface area contributed by atoms with E-state index in [2.05, 4.69) is 41.5 Å². The lowest BCUT2D eigenvalue weighted by atomic mass is 10.00. The van der Waals surface area contributed by atoms with Crippen molar-refractivity contribution in [3.63, 3.8) is 0 Å². The van der Waals surface area contributed by atoms with Gasteiger partial charge in [0.1, 0.15) is 19.3 Å². The number of esters is 4. The normalized spacial score (nSPS) is 14.3. The van der Waals surface area contributed by atoms with Gasteiger partial charge < -0.3 is 33.8 Å². The molecular formula is C74H144O17P2. The predicted octanol–water partition coefficient (Wildman–Crippen LogP) is 21.6. The molecule has 552 valence electrons. The molecule has 0 saturated carbocycles. The molecule has 0 aliphatic rings. The van der Waals surface area contributed by atoms with Crippen molar-refractivity contribution in [2.75, 3.05) is 39.6 Å². The lowest BCUT2D eigenvalue weighted by Crippen LogP contribution is -2.30. The van der Waals surface area contributed by atoms with Gasteiger partial charge >= 0.3 is 39.5 Å². The van der Waals surface area contributed by atoms with E-state index < -0.39 is 97.5 Å². The Morgan fingerprint density at radius 1 is 0.312 bits per heavy atom. The maximum Gasteiger partial charge on any atom is 0.472 e. The van der Waals surface area contributed by atoms with Gasteiger partial charge in [-0.1, -0.05) is 330 Å². The molecule has 0 aliphatic carbocycles. The van der Waals surface area contributed by atoms with E-state index >= 15 is 0 Å². The van der Waals surface area contributed by atoms with Crippen LogP contribution in [0.2, 0.25) is 0 Å². The minimum atomic E-state index is -4.95. The first-order valence-corrected chi connectivity index (χ1v) is 41.5. The first kappa shape index (κ1) is 91.1. The van der Waals surface area contributed by atoms with E-state index in [0.29, 0.717) is 31.6 Å². The second kappa shape index (κ2) is 66.0. The molecule has 0 aromatic heterocycles. The Kier molecular flexibility index (Phi) is 64.6. The molecule has 17 nitrogen and oxygen atoms in total. The van der Waals surface area contributed by atoms with Crippen LogP contribution >= 0.6 is 15.6 Å². The van der Waals surface area contributed by atoms with Gasteiger partial charge in [-0.2, -0.15) is 0 Å². The van der Waals surface area contributed by atoms with Gasteiger partial charge in [0, 0.05) is 25.7 Å². The minimum Gasteiger partial charge on any atom is -0.462 e. The van der Waals surface area contributed by atoms with Gasteiger partial charge in [-0.25, -0.2) is 9.13 Å². The number of phosphoric acid groups is 2. The Hall–Kier alpha value is -1.94. The van der Waals surface area contributed by atoms with Gasteiger partial charge in [-0.15, -0.1) is 0 Å². The highest BCUT2D eigenvalue weighted by Crippen LogP contribution is 2.45. The Balaban J connectivity index is 5.15. The molecule has 0 bridgehead atoms. The number of rotatable bonds is 73. The summed E-state index contributed by atoms with van der Waals surface area (Å²) < 4.78 is 68.3. The number of aliphatic hydroxyl groups is 1. The fourth-order valence-electron chi connectivity index (χ4n) is 11.3. The van der Waals surface area contributed by atoms with Crippen LogP contribution in [0.3, 0.4) is 0 Å². The molecule has 0 radical (unpaired) electrons. The number of unbranched alkanes of at least 4 members (excludes halogenated alkanes) is 42. The van der Waals surface area contributed by atoms with Gasteiger partial charge in [0.25, 0.3) is 0 Å². The number of ether oxygens (including phenoxy) is 4. The molecule has 0 aromatic carbocycles. The zero-order valence-electron chi connectivity index (χ0n) is 60.6. The van der Waals surface area contributed by atoms with E-state index in [-0.39, 0.29) is 25.7 Å². The maximum atomic E-state index is 13.1. The van der Waals surface area contributed by atoms with Crippen molar-refractivity contribution in [3.8, 4) is 0 Å². The summed E-state index contributed by atoms with van der Waals surface area (Å²) in [6.07, 6.45) is 53.1. The van der Waals surface area contributed by atoms with E-state index in [0.717, 1.165) is 102 Å². The van der Waals surface area contributed by atoms with Crippen LogP contribution < -0.4 is 0 Å². The van der Waals surface area contributed by atoms with Crippen LogP contribution in [0.1, 0.15) is 382 Å².